The average molecular weight is 645 g/mol. The van der Waals surface area contributed by atoms with E-state index in [2.05, 4.69) is 21.2 Å². The molecule has 41 heavy (non-hydrogen) atoms. The summed E-state index contributed by atoms with van der Waals surface area (Å²) < 4.78 is 38.3. The Labute approximate surface area is 249 Å². The number of likely N-dealkylation sites (N-methyl/N-ethyl adjacent to an activating group) is 1. The largest absolute Gasteiger partial charge is 0.454 e. The number of anilines is 1. The number of halogens is 1. The van der Waals surface area contributed by atoms with Crippen LogP contribution in [0.2, 0.25) is 0 Å². The number of amides is 2. The van der Waals surface area contributed by atoms with Crippen molar-refractivity contribution in [2.75, 3.05) is 30.4 Å². The molecule has 0 saturated heterocycles. The summed E-state index contributed by atoms with van der Waals surface area (Å²) in [6.45, 7) is 2.66. The maximum atomic E-state index is 13.8. The highest BCUT2D eigenvalue weighted by Crippen LogP contribution is 2.36. The minimum atomic E-state index is -3.64. The Morgan fingerprint density at radius 3 is 2.41 bits per heavy atom. The van der Waals surface area contributed by atoms with Gasteiger partial charge in [-0.15, -0.1) is 0 Å². The van der Waals surface area contributed by atoms with Crippen LogP contribution in [0.1, 0.15) is 30.9 Å². The zero-order valence-electron chi connectivity index (χ0n) is 23.1. The van der Waals surface area contributed by atoms with Crippen LogP contribution in [0.25, 0.3) is 0 Å². The molecule has 11 heteroatoms. The van der Waals surface area contributed by atoms with E-state index in [1.54, 1.807) is 23.1 Å². The summed E-state index contributed by atoms with van der Waals surface area (Å²) in [4.78, 5) is 28.7. The van der Waals surface area contributed by atoms with Crippen molar-refractivity contribution in [2.24, 2.45) is 0 Å². The molecular weight excluding hydrogens is 610 g/mol. The molecule has 1 atom stereocenters. The first-order valence-electron chi connectivity index (χ1n) is 13.4. The van der Waals surface area contributed by atoms with Gasteiger partial charge in [0.25, 0.3) is 0 Å². The Morgan fingerprint density at radius 2 is 1.71 bits per heavy atom. The molecule has 0 spiro atoms. The van der Waals surface area contributed by atoms with Crippen molar-refractivity contribution in [2.45, 2.75) is 38.8 Å². The summed E-state index contributed by atoms with van der Waals surface area (Å²) in [5.74, 6) is 0.544. The molecule has 3 aromatic rings. The first-order valence-corrected chi connectivity index (χ1v) is 16.0. The monoisotopic (exact) mass is 643 g/mol. The van der Waals surface area contributed by atoms with Crippen molar-refractivity contribution < 1.29 is 27.5 Å². The van der Waals surface area contributed by atoms with E-state index < -0.39 is 16.1 Å². The first-order chi connectivity index (χ1) is 19.7. The Hall–Kier alpha value is -3.57. The van der Waals surface area contributed by atoms with Gasteiger partial charge in [0.05, 0.1) is 11.9 Å². The van der Waals surface area contributed by atoms with Crippen molar-refractivity contribution in [3.05, 3.63) is 88.4 Å². The lowest BCUT2D eigenvalue weighted by molar-refractivity contribution is -0.141. The van der Waals surface area contributed by atoms with Gasteiger partial charge in [-0.2, -0.15) is 0 Å². The summed E-state index contributed by atoms with van der Waals surface area (Å²) >= 11 is 3.49. The minimum absolute atomic E-state index is 0.0509. The Balaban J connectivity index is 1.56. The summed E-state index contributed by atoms with van der Waals surface area (Å²) in [6, 6.07) is 21.4. The predicted molar refractivity (Wildman–Crippen MR) is 161 cm³/mol. The number of fused-ring (bicyclic) bond motifs is 1. The number of nitrogens with zero attached hydrogens (tertiary/aromatic N) is 2. The average Bonchev–Trinajstić information content (AvgIpc) is 3.41. The molecule has 1 aliphatic rings. The Bertz CT molecular complexity index is 1470. The van der Waals surface area contributed by atoms with Crippen LogP contribution in [-0.2, 0) is 32.6 Å². The standard InChI is InChI=1S/C30H34BrN3O6S/c1-3-32-30(36)26(18-22-9-5-4-6-10-22)33(20-23-11-7-12-24(31)17-23)29(35)13-8-16-34(41(2,37)38)25-14-15-27-28(19-25)40-21-39-27/h4-7,9-12,14-15,17,19,26H,3,8,13,16,18,20-21H2,1-2H3,(H,32,36)/t26-/m0/s1. The molecule has 0 bridgehead atoms. The van der Waals surface area contributed by atoms with Crippen LogP contribution in [0.3, 0.4) is 0 Å². The summed E-state index contributed by atoms with van der Waals surface area (Å²) in [7, 11) is -3.64. The SMILES string of the molecule is CCNC(=O)[C@H](Cc1ccccc1)N(Cc1cccc(Br)c1)C(=O)CCCN(c1ccc2c(c1)OCO2)S(C)(=O)=O. The molecule has 9 nitrogen and oxygen atoms in total. The highest BCUT2D eigenvalue weighted by molar-refractivity contribution is 9.10. The molecule has 3 aromatic carbocycles. The Kier molecular flexibility index (Phi) is 10.3. The van der Waals surface area contributed by atoms with E-state index >= 15 is 0 Å². The molecule has 0 aromatic heterocycles. The maximum absolute atomic E-state index is 13.8. The molecule has 4 rings (SSSR count). The van der Waals surface area contributed by atoms with E-state index in [1.165, 1.54) is 4.31 Å². The van der Waals surface area contributed by atoms with Gasteiger partial charge < -0.3 is 19.7 Å². The second-order valence-electron chi connectivity index (χ2n) is 9.73. The lowest BCUT2D eigenvalue weighted by Gasteiger charge is -2.32. The maximum Gasteiger partial charge on any atom is 0.243 e. The second-order valence-corrected chi connectivity index (χ2v) is 12.6. The molecular formula is C30H34BrN3O6S. The van der Waals surface area contributed by atoms with E-state index in [-0.39, 0.29) is 44.5 Å². The molecule has 1 aliphatic heterocycles. The number of ether oxygens (including phenoxy) is 2. The minimum Gasteiger partial charge on any atom is -0.454 e. The van der Waals surface area contributed by atoms with E-state index in [0.29, 0.717) is 30.2 Å². The van der Waals surface area contributed by atoms with Crippen LogP contribution in [-0.4, -0.2) is 57.3 Å². The molecule has 1 N–H and O–H groups in total. The number of hydrogen-bond acceptors (Lipinski definition) is 6. The zero-order chi connectivity index (χ0) is 29.4. The predicted octanol–water partition coefficient (Wildman–Crippen LogP) is 4.50. The number of nitrogens with one attached hydrogen (secondary N) is 1. The molecule has 2 amide bonds. The van der Waals surface area contributed by atoms with Crippen LogP contribution in [0.4, 0.5) is 5.69 Å². The quantitative estimate of drug-likeness (QED) is 0.294. The Morgan fingerprint density at radius 1 is 0.976 bits per heavy atom. The topological polar surface area (TPSA) is 105 Å². The highest BCUT2D eigenvalue weighted by Gasteiger charge is 2.30. The highest BCUT2D eigenvalue weighted by atomic mass is 79.9. The second kappa shape index (κ2) is 13.9. The van der Waals surface area contributed by atoms with Crippen molar-refractivity contribution >= 4 is 43.5 Å². The normalized spacial score (nSPS) is 13.0. The van der Waals surface area contributed by atoms with Gasteiger partial charge in [-0.05, 0) is 48.7 Å². The van der Waals surface area contributed by atoms with Gasteiger partial charge in [0.15, 0.2) is 11.5 Å². The molecule has 0 saturated carbocycles. The number of rotatable bonds is 13. The van der Waals surface area contributed by atoms with Crippen molar-refractivity contribution in [3.63, 3.8) is 0 Å². The summed E-state index contributed by atoms with van der Waals surface area (Å²) in [5.41, 5.74) is 2.23. The lowest BCUT2D eigenvalue weighted by Crippen LogP contribution is -2.50. The number of sulfonamides is 1. The number of carbonyl (C=O) groups is 2. The molecule has 0 fully saturated rings. The van der Waals surface area contributed by atoms with Crippen LogP contribution < -0.4 is 19.1 Å². The third-order valence-corrected chi connectivity index (χ3v) is 8.35. The van der Waals surface area contributed by atoms with Crippen LogP contribution in [0, 0.1) is 0 Å². The van der Waals surface area contributed by atoms with Gasteiger partial charge in [0, 0.05) is 43.0 Å². The molecule has 0 radical (unpaired) electrons. The molecule has 218 valence electrons. The molecule has 1 heterocycles. The van der Waals surface area contributed by atoms with Crippen LogP contribution in [0.15, 0.2) is 77.3 Å². The van der Waals surface area contributed by atoms with Gasteiger partial charge in [-0.3, -0.25) is 13.9 Å². The number of carbonyl (C=O) groups excluding carboxylic acids is 2. The third-order valence-electron chi connectivity index (χ3n) is 6.66. The van der Waals surface area contributed by atoms with Gasteiger partial charge in [0.2, 0.25) is 28.6 Å². The van der Waals surface area contributed by atoms with Gasteiger partial charge in [-0.25, -0.2) is 8.42 Å². The van der Waals surface area contributed by atoms with E-state index in [1.807, 2.05) is 61.5 Å². The zero-order valence-corrected chi connectivity index (χ0v) is 25.5. The smallest absolute Gasteiger partial charge is 0.243 e. The van der Waals surface area contributed by atoms with E-state index in [9.17, 15) is 18.0 Å². The first kappa shape index (κ1) is 30.4. The fourth-order valence-corrected chi connectivity index (χ4v) is 6.13. The molecule has 0 aliphatic carbocycles. The number of benzene rings is 3. The van der Waals surface area contributed by atoms with E-state index in [4.69, 9.17) is 9.47 Å². The number of hydrogen-bond donors (Lipinski definition) is 1. The fraction of sp³-hybridized carbons (Fsp3) is 0.333. The fourth-order valence-electron chi connectivity index (χ4n) is 4.72. The van der Waals surface area contributed by atoms with Crippen LogP contribution >= 0.6 is 15.9 Å². The third kappa shape index (κ3) is 8.23. The van der Waals surface area contributed by atoms with E-state index in [0.717, 1.165) is 21.9 Å². The summed E-state index contributed by atoms with van der Waals surface area (Å²) in [6.07, 6.45) is 1.78. The van der Waals surface area contributed by atoms with Crippen LogP contribution in [0.5, 0.6) is 11.5 Å². The van der Waals surface area contributed by atoms with Gasteiger partial charge in [0.1, 0.15) is 6.04 Å². The molecule has 0 unspecified atom stereocenters. The van der Waals surface area contributed by atoms with Crippen molar-refractivity contribution in [1.82, 2.24) is 10.2 Å². The lowest BCUT2D eigenvalue weighted by atomic mass is 10.0. The summed E-state index contributed by atoms with van der Waals surface area (Å²) in [5, 5.41) is 2.88. The van der Waals surface area contributed by atoms with Gasteiger partial charge >= 0.3 is 0 Å². The van der Waals surface area contributed by atoms with Gasteiger partial charge in [-0.1, -0.05) is 58.4 Å². The van der Waals surface area contributed by atoms with Crippen molar-refractivity contribution in [1.29, 1.82) is 0 Å². The van der Waals surface area contributed by atoms with Crippen molar-refractivity contribution in [3.8, 4) is 11.5 Å².